The van der Waals surface area contributed by atoms with E-state index in [0.717, 1.165) is 6.07 Å². The average Bonchev–Trinajstić information content (AvgIpc) is 2.25. The lowest BCUT2D eigenvalue weighted by molar-refractivity contribution is -0.137. The molecule has 0 spiro atoms. The van der Waals surface area contributed by atoms with Crippen LogP contribution in [-0.4, -0.2) is 19.0 Å². The quantitative estimate of drug-likeness (QED) is 0.471. The summed E-state index contributed by atoms with van der Waals surface area (Å²) >= 11 is 0. The molecule has 3 nitrogen and oxygen atoms in total. The Morgan fingerprint density at radius 1 is 1.31 bits per heavy atom. The molecule has 2 N–H and O–H groups in total. The number of hydrazone groups is 1. The largest absolute Gasteiger partial charge is 0.417 e. The van der Waals surface area contributed by atoms with Gasteiger partial charge in [0.1, 0.15) is 5.71 Å². The number of alkyl halides is 3. The van der Waals surface area contributed by atoms with Gasteiger partial charge in [-0.15, -0.1) is 0 Å². The molecule has 0 aliphatic carbocycles. The number of hydrogen-bond acceptors (Lipinski definition) is 3. The molecule has 0 saturated heterocycles. The summed E-state index contributed by atoms with van der Waals surface area (Å²) in [7, 11) is 1.43. The summed E-state index contributed by atoms with van der Waals surface area (Å²) in [5.74, 6) is 5.03. The van der Waals surface area contributed by atoms with Crippen LogP contribution in [0.25, 0.3) is 0 Å². The van der Waals surface area contributed by atoms with E-state index in [2.05, 4.69) is 10.1 Å². The second kappa shape index (κ2) is 4.78. The molecular weight excluding hydrogens is 219 g/mol. The van der Waals surface area contributed by atoms with Crippen LogP contribution in [0.4, 0.5) is 13.2 Å². The van der Waals surface area contributed by atoms with E-state index in [9.17, 15) is 13.2 Å². The van der Waals surface area contributed by atoms with Crippen LogP contribution < -0.4 is 5.84 Å². The number of hydrogen-bond donors (Lipinski definition) is 1. The predicted octanol–water partition coefficient (Wildman–Crippen LogP) is 2.07. The van der Waals surface area contributed by atoms with Gasteiger partial charge in [-0.25, -0.2) is 0 Å². The maximum absolute atomic E-state index is 12.6. The Kier molecular flexibility index (Phi) is 3.65. The van der Waals surface area contributed by atoms with E-state index in [0.29, 0.717) is 0 Å². The number of nitrogens with zero attached hydrogens (tertiary/aromatic N) is 2. The van der Waals surface area contributed by atoms with Crippen LogP contribution in [0.3, 0.4) is 0 Å². The van der Waals surface area contributed by atoms with Crippen LogP contribution in [0.2, 0.25) is 0 Å². The van der Waals surface area contributed by atoms with Crippen molar-refractivity contribution in [2.45, 2.75) is 6.18 Å². The highest BCUT2D eigenvalue weighted by molar-refractivity contribution is 6.38. The van der Waals surface area contributed by atoms with Crippen LogP contribution in [0.5, 0.6) is 0 Å². The number of rotatable bonds is 2. The van der Waals surface area contributed by atoms with Gasteiger partial charge in [0.15, 0.2) is 0 Å². The van der Waals surface area contributed by atoms with Gasteiger partial charge >= 0.3 is 6.18 Å². The summed E-state index contributed by atoms with van der Waals surface area (Å²) in [6.45, 7) is 0. The van der Waals surface area contributed by atoms with Crippen molar-refractivity contribution in [3.8, 4) is 0 Å². The molecule has 0 unspecified atom stereocenters. The number of benzene rings is 1. The molecule has 0 atom stereocenters. The number of nitrogens with two attached hydrogens (primary N) is 1. The SMILES string of the molecule is CN=CC(=NN)c1ccccc1C(F)(F)F. The summed E-state index contributed by atoms with van der Waals surface area (Å²) in [6, 6.07) is 5.07. The van der Waals surface area contributed by atoms with Gasteiger partial charge in [-0.05, 0) is 6.07 Å². The van der Waals surface area contributed by atoms with Gasteiger partial charge in [0.25, 0.3) is 0 Å². The third-order valence-electron chi connectivity index (χ3n) is 1.90. The fourth-order valence-electron chi connectivity index (χ4n) is 1.25. The Hall–Kier alpha value is -1.85. The maximum Gasteiger partial charge on any atom is 0.417 e. The third-order valence-corrected chi connectivity index (χ3v) is 1.90. The molecule has 0 aliphatic rings. The molecule has 1 aromatic rings. The summed E-state index contributed by atoms with van der Waals surface area (Å²) < 4.78 is 37.9. The first-order valence-electron chi connectivity index (χ1n) is 4.37. The Labute approximate surface area is 90.5 Å². The van der Waals surface area contributed by atoms with Crippen LogP contribution in [-0.2, 0) is 6.18 Å². The highest BCUT2D eigenvalue weighted by atomic mass is 19.4. The van der Waals surface area contributed by atoms with Crippen molar-refractivity contribution in [1.82, 2.24) is 0 Å². The monoisotopic (exact) mass is 229 g/mol. The van der Waals surface area contributed by atoms with E-state index < -0.39 is 11.7 Å². The lowest BCUT2D eigenvalue weighted by Crippen LogP contribution is -2.15. The van der Waals surface area contributed by atoms with E-state index in [1.54, 1.807) is 0 Å². The standard InChI is InChI=1S/C10H10F3N3/c1-15-6-9(16-14)7-4-2-3-5-8(7)10(11,12)13/h2-6H,14H2,1H3. The molecule has 1 rings (SSSR count). The van der Waals surface area contributed by atoms with Crippen LogP contribution in [0.1, 0.15) is 11.1 Å². The fraction of sp³-hybridized carbons (Fsp3) is 0.200. The third kappa shape index (κ3) is 2.59. The molecule has 86 valence electrons. The highest BCUT2D eigenvalue weighted by Gasteiger charge is 2.33. The first-order chi connectivity index (χ1) is 7.50. The molecular formula is C10H10F3N3. The summed E-state index contributed by atoms with van der Waals surface area (Å²) in [4.78, 5) is 3.60. The van der Waals surface area contributed by atoms with Gasteiger partial charge in [0.2, 0.25) is 0 Å². The number of aliphatic imine (C=N–C) groups is 1. The van der Waals surface area contributed by atoms with Gasteiger partial charge in [-0.2, -0.15) is 18.3 Å². The molecule has 0 aliphatic heterocycles. The normalized spacial score (nSPS) is 13.4. The van der Waals surface area contributed by atoms with Gasteiger partial charge in [-0.1, -0.05) is 18.2 Å². The minimum atomic E-state index is -4.44. The Morgan fingerprint density at radius 2 is 1.94 bits per heavy atom. The topological polar surface area (TPSA) is 50.7 Å². The molecule has 0 fully saturated rings. The van der Waals surface area contributed by atoms with Gasteiger partial charge in [0.05, 0.1) is 5.56 Å². The zero-order valence-corrected chi connectivity index (χ0v) is 8.49. The van der Waals surface area contributed by atoms with E-state index in [4.69, 9.17) is 5.84 Å². The van der Waals surface area contributed by atoms with Crippen molar-refractivity contribution in [2.75, 3.05) is 7.05 Å². The molecule has 0 aromatic heterocycles. The number of halogens is 3. The van der Waals surface area contributed by atoms with Gasteiger partial charge in [-0.3, -0.25) is 4.99 Å². The molecule has 0 radical (unpaired) electrons. The molecule has 0 amide bonds. The zero-order valence-electron chi connectivity index (χ0n) is 8.49. The lowest BCUT2D eigenvalue weighted by atomic mass is 10.0. The zero-order chi connectivity index (χ0) is 12.2. The first kappa shape index (κ1) is 12.2. The summed E-state index contributed by atoms with van der Waals surface area (Å²) in [5, 5.41) is 3.29. The van der Waals surface area contributed by atoms with E-state index in [1.165, 1.54) is 31.5 Å². The Bertz CT molecular complexity index is 422. The minimum Gasteiger partial charge on any atom is -0.323 e. The van der Waals surface area contributed by atoms with Gasteiger partial charge in [0, 0.05) is 18.8 Å². The second-order valence-corrected chi connectivity index (χ2v) is 2.94. The molecule has 0 saturated carbocycles. The first-order valence-corrected chi connectivity index (χ1v) is 4.37. The van der Waals surface area contributed by atoms with E-state index >= 15 is 0 Å². The van der Waals surface area contributed by atoms with E-state index in [-0.39, 0.29) is 11.3 Å². The maximum atomic E-state index is 12.6. The molecule has 1 aromatic carbocycles. The van der Waals surface area contributed by atoms with Crippen molar-refractivity contribution >= 4 is 11.9 Å². The van der Waals surface area contributed by atoms with Crippen molar-refractivity contribution < 1.29 is 13.2 Å². The van der Waals surface area contributed by atoms with Crippen LogP contribution in [0.15, 0.2) is 34.4 Å². The van der Waals surface area contributed by atoms with Crippen molar-refractivity contribution in [2.24, 2.45) is 15.9 Å². The van der Waals surface area contributed by atoms with Crippen LogP contribution >= 0.6 is 0 Å². The summed E-state index contributed by atoms with van der Waals surface area (Å²) in [5.41, 5.74) is -0.863. The Morgan fingerprint density at radius 3 is 2.44 bits per heavy atom. The molecule has 0 heterocycles. The van der Waals surface area contributed by atoms with Crippen molar-refractivity contribution in [1.29, 1.82) is 0 Å². The van der Waals surface area contributed by atoms with Crippen molar-refractivity contribution in [3.05, 3.63) is 35.4 Å². The molecule has 6 heteroatoms. The van der Waals surface area contributed by atoms with Gasteiger partial charge < -0.3 is 5.84 Å². The molecule has 16 heavy (non-hydrogen) atoms. The fourth-order valence-corrected chi connectivity index (χ4v) is 1.25. The van der Waals surface area contributed by atoms with Crippen LogP contribution in [0, 0.1) is 0 Å². The van der Waals surface area contributed by atoms with Crippen molar-refractivity contribution in [3.63, 3.8) is 0 Å². The lowest BCUT2D eigenvalue weighted by Gasteiger charge is -2.11. The Balaban J connectivity index is 3.34. The molecule has 0 bridgehead atoms. The second-order valence-electron chi connectivity index (χ2n) is 2.94. The minimum absolute atomic E-state index is 0.00424. The predicted molar refractivity (Wildman–Crippen MR) is 56.6 cm³/mol. The van der Waals surface area contributed by atoms with E-state index in [1.807, 2.05) is 0 Å². The summed E-state index contributed by atoms with van der Waals surface area (Å²) in [6.07, 6.45) is -3.25. The highest BCUT2D eigenvalue weighted by Crippen LogP contribution is 2.31. The smallest absolute Gasteiger partial charge is 0.323 e. The average molecular weight is 229 g/mol.